The van der Waals surface area contributed by atoms with Crippen molar-refractivity contribution in [2.75, 3.05) is 40.8 Å². The molecule has 6 nitrogen and oxygen atoms in total. The average molecular weight is 496 g/mol. The van der Waals surface area contributed by atoms with Gasteiger partial charge >= 0.3 is 0 Å². The highest BCUT2D eigenvalue weighted by atomic mass is 127. The number of guanidine groups is 1. The van der Waals surface area contributed by atoms with Crippen LogP contribution in [0.5, 0.6) is 0 Å². The van der Waals surface area contributed by atoms with Crippen LogP contribution in [-0.4, -0.2) is 66.3 Å². The lowest BCUT2D eigenvalue weighted by Gasteiger charge is -2.27. The molecular formula is C21H33IN6. The van der Waals surface area contributed by atoms with Crippen LogP contribution in [0.4, 0.5) is 0 Å². The van der Waals surface area contributed by atoms with Gasteiger partial charge in [0.25, 0.3) is 0 Å². The normalized spacial score (nSPS) is 18.2. The molecule has 1 aliphatic heterocycles. The van der Waals surface area contributed by atoms with E-state index in [4.69, 9.17) is 0 Å². The third kappa shape index (κ3) is 5.94. The summed E-state index contributed by atoms with van der Waals surface area (Å²) in [6.45, 7) is 2.94. The van der Waals surface area contributed by atoms with Gasteiger partial charge in [-0.15, -0.1) is 24.0 Å². The molecule has 154 valence electrons. The van der Waals surface area contributed by atoms with Crippen molar-refractivity contribution >= 4 is 29.9 Å². The number of nitrogens with one attached hydrogen (secondary N) is 1. The number of halogens is 1. The van der Waals surface area contributed by atoms with Crippen LogP contribution in [0, 0.1) is 5.92 Å². The van der Waals surface area contributed by atoms with E-state index < -0.39 is 0 Å². The number of aryl methyl sites for hydroxylation is 1. The predicted octanol–water partition coefficient (Wildman–Crippen LogP) is 2.78. The molecule has 2 atom stereocenters. The molecule has 1 aromatic heterocycles. The minimum Gasteiger partial charge on any atom is -0.354 e. The molecular weight excluding hydrogens is 463 g/mol. The molecule has 0 radical (unpaired) electrons. The van der Waals surface area contributed by atoms with Crippen LogP contribution in [0.3, 0.4) is 0 Å². The summed E-state index contributed by atoms with van der Waals surface area (Å²) in [5.74, 6) is 1.69. The SMILES string of the molecule is CN=C(NCC(c1cnn(C)c1)N(C)C)N1CCC(Cc2ccccc2)C1.I. The monoisotopic (exact) mass is 496 g/mol. The number of aromatic nitrogens is 2. The quantitative estimate of drug-likeness (QED) is 0.380. The Hall–Kier alpha value is -1.61. The molecule has 1 fully saturated rings. The molecule has 2 aromatic rings. The van der Waals surface area contributed by atoms with Crippen LogP contribution in [0.1, 0.15) is 23.6 Å². The van der Waals surface area contributed by atoms with Crippen molar-refractivity contribution in [2.45, 2.75) is 18.9 Å². The number of likely N-dealkylation sites (N-methyl/N-ethyl adjacent to an activating group) is 1. The third-order valence-corrected chi connectivity index (χ3v) is 5.35. The lowest BCUT2D eigenvalue weighted by Crippen LogP contribution is -2.43. The van der Waals surface area contributed by atoms with Crippen molar-refractivity contribution in [3.05, 3.63) is 53.9 Å². The first-order valence-corrected chi connectivity index (χ1v) is 9.71. The number of aliphatic imine (C=N–C) groups is 1. The molecule has 1 aliphatic rings. The van der Waals surface area contributed by atoms with E-state index in [1.54, 1.807) is 0 Å². The summed E-state index contributed by atoms with van der Waals surface area (Å²) in [5.41, 5.74) is 2.64. The molecule has 0 bridgehead atoms. The molecule has 0 saturated carbocycles. The van der Waals surface area contributed by atoms with Gasteiger partial charge in [0, 0.05) is 45.5 Å². The Morgan fingerprint density at radius 2 is 2.07 bits per heavy atom. The summed E-state index contributed by atoms with van der Waals surface area (Å²) in [6.07, 6.45) is 6.39. The van der Waals surface area contributed by atoms with Crippen LogP contribution >= 0.6 is 24.0 Å². The number of likely N-dealkylation sites (tertiary alicyclic amines) is 1. The van der Waals surface area contributed by atoms with Crippen LogP contribution in [0.15, 0.2) is 47.7 Å². The molecule has 1 saturated heterocycles. The second-order valence-corrected chi connectivity index (χ2v) is 7.65. The van der Waals surface area contributed by atoms with E-state index >= 15 is 0 Å². The zero-order valence-electron chi connectivity index (χ0n) is 17.4. The minimum atomic E-state index is 0. The Labute approximate surface area is 186 Å². The molecule has 7 heteroatoms. The average Bonchev–Trinajstić information content (AvgIpc) is 3.28. The van der Waals surface area contributed by atoms with Crippen molar-refractivity contribution < 1.29 is 0 Å². The molecule has 1 N–H and O–H groups in total. The van der Waals surface area contributed by atoms with E-state index in [9.17, 15) is 0 Å². The van der Waals surface area contributed by atoms with Crippen LogP contribution < -0.4 is 5.32 Å². The van der Waals surface area contributed by atoms with E-state index in [0.29, 0.717) is 5.92 Å². The van der Waals surface area contributed by atoms with Crippen LogP contribution in [0.2, 0.25) is 0 Å². The highest BCUT2D eigenvalue weighted by Crippen LogP contribution is 2.21. The highest BCUT2D eigenvalue weighted by Gasteiger charge is 2.26. The van der Waals surface area contributed by atoms with Crippen molar-refractivity contribution in [3.63, 3.8) is 0 Å². The van der Waals surface area contributed by atoms with Gasteiger partial charge in [-0.3, -0.25) is 9.67 Å². The number of nitrogens with zero attached hydrogens (tertiary/aromatic N) is 5. The lowest BCUT2D eigenvalue weighted by molar-refractivity contribution is 0.295. The summed E-state index contributed by atoms with van der Waals surface area (Å²) in [7, 11) is 8.04. The van der Waals surface area contributed by atoms with E-state index in [1.807, 2.05) is 25.0 Å². The second-order valence-electron chi connectivity index (χ2n) is 7.65. The smallest absolute Gasteiger partial charge is 0.193 e. The second kappa shape index (κ2) is 10.8. The van der Waals surface area contributed by atoms with Crippen molar-refractivity contribution in [1.82, 2.24) is 24.9 Å². The Balaban J connectivity index is 0.00000280. The Morgan fingerprint density at radius 3 is 2.68 bits per heavy atom. The van der Waals surface area contributed by atoms with Gasteiger partial charge in [0.15, 0.2) is 5.96 Å². The van der Waals surface area contributed by atoms with Gasteiger partial charge in [0.2, 0.25) is 0 Å². The van der Waals surface area contributed by atoms with Gasteiger partial charge in [-0.25, -0.2) is 0 Å². The summed E-state index contributed by atoms with van der Waals surface area (Å²) < 4.78 is 1.86. The molecule has 2 unspecified atom stereocenters. The Morgan fingerprint density at radius 1 is 1.32 bits per heavy atom. The van der Waals surface area contributed by atoms with E-state index in [2.05, 4.69) is 75.8 Å². The lowest BCUT2D eigenvalue weighted by atomic mass is 9.99. The molecule has 28 heavy (non-hydrogen) atoms. The van der Waals surface area contributed by atoms with Crippen molar-refractivity contribution in [3.8, 4) is 0 Å². The number of rotatable bonds is 6. The van der Waals surface area contributed by atoms with Gasteiger partial charge in [-0.05, 0) is 38.4 Å². The molecule has 0 aliphatic carbocycles. The van der Waals surface area contributed by atoms with Crippen LogP contribution in [-0.2, 0) is 13.5 Å². The fourth-order valence-electron chi connectivity index (χ4n) is 3.87. The number of benzene rings is 1. The minimum absolute atomic E-state index is 0. The molecule has 0 spiro atoms. The fraction of sp³-hybridized carbons (Fsp3) is 0.524. The third-order valence-electron chi connectivity index (χ3n) is 5.35. The van der Waals surface area contributed by atoms with Crippen molar-refractivity contribution in [1.29, 1.82) is 0 Å². The first-order valence-electron chi connectivity index (χ1n) is 9.71. The zero-order valence-corrected chi connectivity index (χ0v) is 19.7. The summed E-state index contributed by atoms with van der Waals surface area (Å²) in [4.78, 5) is 9.15. The largest absolute Gasteiger partial charge is 0.354 e. The summed E-state index contributed by atoms with van der Waals surface area (Å²) >= 11 is 0. The van der Waals surface area contributed by atoms with E-state index in [1.165, 1.54) is 17.5 Å². The van der Waals surface area contributed by atoms with E-state index in [-0.39, 0.29) is 30.0 Å². The standard InChI is InChI=1S/C21H32N6.HI/c1-22-21(23-14-20(25(2)3)19-13-24-26(4)16-19)27-11-10-18(15-27)12-17-8-6-5-7-9-17;/h5-9,13,16,18,20H,10-12,14-15H2,1-4H3,(H,22,23);1H. The molecule has 0 amide bonds. The highest BCUT2D eigenvalue weighted by molar-refractivity contribution is 14.0. The number of hydrogen-bond acceptors (Lipinski definition) is 3. The maximum Gasteiger partial charge on any atom is 0.193 e. The fourth-order valence-corrected chi connectivity index (χ4v) is 3.87. The van der Waals surface area contributed by atoms with Crippen molar-refractivity contribution in [2.24, 2.45) is 18.0 Å². The molecule has 2 heterocycles. The van der Waals surface area contributed by atoms with Gasteiger partial charge in [-0.2, -0.15) is 5.10 Å². The van der Waals surface area contributed by atoms with Gasteiger partial charge in [0.1, 0.15) is 0 Å². The number of hydrogen-bond donors (Lipinski definition) is 1. The Bertz CT molecular complexity index is 742. The first-order chi connectivity index (χ1) is 13.1. The van der Waals surface area contributed by atoms with E-state index in [0.717, 1.165) is 32.0 Å². The topological polar surface area (TPSA) is 48.7 Å². The van der Waals surface area contributed by atoms with Gasteiger partial charge in [0.05, 0.1) is 12.2 Å². The summed E-state index contributed by atoms with van der Waals surface area (Å²) in [5, 5.41) is 7.90. The predicted molar refractivity (Wildman–Crippen MR) is 126 cm³/mol. The van der Waals surface area contributed by atoms with Crippen LogP contribution in [0.25, 0.3) is 0 Å². The molecule has 3 rings (SSSR count). The summed E-state index contributed by atoms with van der Waals surface area (Å²) in [6, 6.07) is 11.1. The maximum atomic E-state index is 4.53. The maximum absolute atomic E-state index is 4.53. The van der Waals surface area contributed by atoms with Gasteiger partial charge in [-0.1, -0.05) is 30.3 Å². The first kappa shape index (κ1) is 22.7. The molecule has 1 aromatic carbocycles. The Kier molecular flexibility index (Phi) is 8.75. The zero-order chi connectivity index (χ0) is 19.2. The van der Waals surface area contributed by atoms with Gasteiger partial charge < -0.3 is 15.1 Å².